The van der Waals surface area contributed by atoms with Crippen molar-refractivity contribution in [1.82, 2.24) is 14.3 Å². The molecule has 0 saturated carbocycles. The predicted octanol–water partition coefficient (Wildman–Crippen LogP) is 0.549. The van der Waals surface area contributed by atoms with Crippen molar-refractivity contribution >= 4 is 10.2 Å². The van der Waals surface area contributed by atoms with Gasteiger partial charge in [0.15, 0.2) is 0 Å². The molecule has 0 bridgehead atoms. The largest absolute Gasteiger partial charge is 0.317 e. The molecule has 1 aliphatic heterocycles. The molecule has 6 heteroatoms. The minimum Gasteiger partial charge on any atom is -0.317 e. The molecule has 1 saturated heterocycles. The van der Waals surface area contributed by atoms with Gasteiger partial charge in [-0.2, -0.15) is 17.4 Å². The van der Waals surface area contributed by atoms with Gasteiger partial charge < -0.3 is 5.32 Å². The van der Waals surface area contributed by atoms with E-state index >= 15 is 0 Å². The minimum atomic E-state index is -3.30. The van der Waals surface area contributed by atoms with E-state index in [1.807, 2.05) is 20.9 Å². The second kappa shape index (κ2) is 6.13. The van der Waals surface area contributed by atoms with E-state index in [1.165, 1.54) is 0 Å². The first-order valence-corrected chi connectivity index (χ1v) is 7.79. The molecule has 2 unspecified atom stereocenters. The molecule has 0 amide bonds. The van der Waals surface area contributed by atoms with Crippen molar-refractivity contribution in [3.8, 4) is 0 Å². The van der Waals surface area contributed by atoms with E-state index in [0.29, 0.717) is 25.0 Å². The lowest BCUT2D eigenvalue weighted by atomic mass is 9.91. The number of nitrogens with one attached hydrogen (secondary N) is 2. The monoisotopic (exact) mass is 263 g/mol. The first-order valence-electron chi connectivity index (χ1n) is 6.35. The summed E-state index contributed by atoms with van der Waals surface area (Å²) in [5, 5.41) is 3.28. The van der Waals surface area contributed by atoms with E-state index in [9.17, 15) is 8.42 Å². The predicted molar refractivity (Wildman–Crippen MR) is 70.0 cm³/mol. The fraction of sp³-hybridized carbons (Fsp3) is 1.00. The standard InChI is InChI=1S/C11H25N3O2S/c1-5-10-8-14(7-6-11(10)12-4)17(15,16)13-9(2)3/h9-13H,5-8H2,1-4H3. The Morgan fingerprint density at radius 2 is 2.06 bits per heavy atom. The quantitative estimate of drug-likeness (QED) is 0.761. The summed E-state index contributed by atoms with van der Waals surface area (Å²) in [4.78, 5) is 0. The first kappa shape index (κ1) is 14.9. The molecule has 5 nitrogen and oxygen atoms in total. The summed E-state index contributed by atoms with van der Waals surface area (Å²) in [5.74, 6) is 0.400. The lowest BCUT2D eigenvalue weighted by molar-refractivity contribution is 0.207. The van der Waals surface area contributed by atoms with Crippen LogP contribution in [0.2, 0.25) is 0 Å². The van der Waals surface area contributed by atoms with Crippen molar-refractivity contribution in [2.75, 3.05) is 20.1 Å². The fourth-order valence-corrected chi connectivity index (χ4v) is 3.86. The lowest BCUT2D eigenvalue weighted by Crippen LogP contribution is -2.53. The van der Waals surface area contributed by atoms with Gasteiger partial charge in [0.05, 0.1) is 0 Å². The smallest absolute Gasteiger partial charge is 0.279 e. The summed E-state index contributed by atoms with van der Waals surface area (Å²) in [6, 6.07) is 0.382. The number of hydrogen-bond donors (Lipinski definition) is 2. The third-order valence-electron chi connectivity index (χ3n) is 3.32. The maximum absolute atomic E-state index is 12.0. The van der Waals surface area contributed by atoms with Crippen LogP contribution in [0.5, 0.6) is 0 Å². The molecule has 102 valence electrons. The van der Waals surface area contributed by atoms with E-state index in [1.54, 1.807) is 4.31 Å². The van der Waals surface area contributed by atoms with Gasteiger partial charge in [-0.25, -0.2) is 0 Å². The van der Waals surface area contributed by atoms with Crippen LogP contribution >= 0.6 is 0 Å². The summed E-state index contributed by atoms with van der Waals surface area (Å²) in [6.07, 6.45) is 1.88. The second-order valence-corrected chi connectivity index (χ2v) is 6.69. The van der Waals surface area contributed by atoms with Crippen LogP contribution in [-0.4, -0.2) is 44.9 Å². The summed E-state index contributed by atoms with van der Waals surface area (Å²) >= 11 is 0. The Morgan fingerprint density at radius 3 is 2.53 bits per heavy atom. The molecule has 0 radical (unpaired) electrons. The van der Waals surface area contributed by atoms with Crippen LogP contribution in [-0.2, 0) is 10.2 Å². The molecular formula is C11H25N3O2S. The van der Waals surface area contributed by atoms with Gasteiger partial charge in [-0.1, -0.05) is 13.3 Å². The van der Waals surface area contributed by atoms with Crippen LogP contribution in [0, 0.1) is 5.92 Å². The summed E-state index contributed by atoms with van der Waals surface area (Å²) in [5.41, 5.74) is 0. The zero-order chi connectivity index (χ0) is 13.1. The van der Waals surface area contributed by atoms with Gasteiger partial charge in [0.1, 0.15) is 0 Å². The van der Waals surface area contributed by atoms with Gasteiger partial charge >= 0.3 is 0 Å². The lowest BCUT2D eigenvalue weighted by Gasteiger charge is -2.37. The van der Waals surface area contributed by atoms with E-state index < -0.39 is 10.2 Å². The molecule has 1 rings (SSSR count). The van der Waals surface area contributed by atoms with Gasteiger partial charge in [-0.3, -0.25) is 0 Å². The maximum Gasteiger partial charge on any atom is 0.279 e. The Balaban J connectivity index is 2.69. The number of rotatable bonds is 5. The molecule has 17 heavy (non-hydrogen) atoms. The van der Waals surface area contributed by atoms with Gasteiger partial charge in [0.2, 0.25) is 0 Å². The highest BCUT2D eigenvalue weighted by molar-refractivity contribution is 7.87. The molecule has 1 heterocycles. The van der Waals surface area contributed by atoms with Crippen LogP contribution in [0.15, 0.2) is 0 Å². The second-order valence-electron chi connectivity index (χ2n) is 4.99. The molecule has 2 atom stereocenters. The highest BCUT2D eigenvalue weighted by Crippen LogP contribution is 2.21. The van der Waals surface area contributed by atoms with Crippen molar-refractivity contribution in [2.24, 2.45) is 5.92 Å². The third kappa shape index (κ3) is 3.91. The van der Waals surface area contributed by atoms with Gasteiger partial charge in [-0.05, 0) is 33.2 Å². The molecule has 0 aromatic heterocycles. The molecule has 2 N–H and O–H groups in total. The SMILES string of the molecule is CCC1CN(S(=O)(=O)NC(C)C)CCC1NC. The van der Waals surface area contributed by atoms with E-state index in [2.05, 4.69) is 17.0 Å². The van der Waals surface area contributed by atoms with Crippen LogP contribution in [0.4, 0.5) is 0 Å². The zero-order valence-electron chi connectivity index (χ0n) is 11.2. The molecular weight excluding hydrogens is 238 g/mol. The van der Waals surface area contributed by atoms with Gasteiger partial charge in [0.25, 0.3) is 10.2 Å². The van der Waals surface area contributed by atoms with E-state index in [-0.39, 0.29) is 6.04 Å². The number of hydrogen-bond acceptors (Lipinski definition) is 3. The van der Waals surface area contributed by atoms with Crippen LogP contribution < -0.4 is 10.0 Å². The Labute approximate surface area is 105 Å². The summed E-state index contributed by atoms with van der Waals surface area (Å²) in [6.45, 7) is 7.01. The van der Waals surface area contributed by atoms with Gasteiger partial charge in [0, 0.05) is 25.2 Å². The topological polar surface area (TPSA) is 61.4 Å². The highest BCUT2D eigenvalue weighted by Gasteiger charge is 2.33. The van der Waals surface area contributed by atoms with Crippen molar-refractivity contribution in [1.29, 1.82) is 0 Å². The Morgan fingerprint density at radius 1 is 1.41 bits per heavy atom. The summed E-state index contributed by atoms with van der Waals surface area (Å²) < 4.78 is 28.3. The van der Waals surface area contributed by atoms with Crippen LogP contribution in [0.3, 0.4) is 0 Å². The third-order valence-corrected chi connectivity index (χ3v) is 5.10. The Hall–Kier alpha value is -0.170. The number of piperidine rings is 1. The van der Waals surface area contributed by atoms with Crippen molar-refractivity contribution < 1.29 is 8.42 Å². The van der Waals surface area contributed by atoms with Crippen molar-refractivity contribution in [2.45, 2.75) is 45.7 Å². The Kier molecular flexibility index (Phi) is 5.37. The van der Waals surface area contributed by atoms with Crippen molar-refractivity contribution in [3.05, 3.63) is 0 Å². The summed E-state index contributed by atoms with van der Waals surface area (Å²) in [7, 11) is -1.35. The molecule has 1 fully saturated rings. The zero-order valence-corrected chi connectivity index (χ0v) is 12.0. The highest BCUT2D eigenvalue weighted by atomic mass is 32.2. The molecule has 0 aliphatic carbocycles. The van der Waals surface area contributed by atoms with Crippen LogP contribution in [0.1, 0.15) is 33.6 Å². The Bertz CT molecular complexity index is 330. The van der Waals surface area contributed by atoms with Gasteiger partial charge in [-0.15, -0.1) is 0 Å². The molecule has 0 spiro atoms. The number of nitrogens with zero attached hydrogens (tertiary/aromatic N) is 1. The molecule has 0 aromatic carbocycles. The van der Waals surface area contributed by atoms with Crippen molar-refractivity contribution in [3.63, 3.8) is 0 Å². The first-order chi connectivity index (χ1) is 7.90. The average Bonchev–Trinajstić information content (AvgIpc) is 2.26. The van der Waals surface area contributed by atoms with E-state index in [0.717, 1.165) is 12.8 Å². The molecule has 1 aliphatic rings. The minimum absolute atomic E-state index is 0.0536. The van der Waals surface area contributed by atoms with Crippen LogP contribution in [0.25, 0.3) is 0 Å². The normalized spacial score (nSPS) is 27.6. The van der Waals surface area contributed by atoms with E-state index in [4.69, 9.17) is 0 Å². The fourth-order valence-electron chi connectivity index (χ4n) is 2.38. The maximum atomic E-state index is 12.0. The average molecular weight is 263 g/mol. The molecule has 0 aromatic rings.